The molecule has 3 aromatic heterocycles. The molecule has 2 atom stereocenters. The molecule has 4 rings (SSSR count). The first-order valence-electron chi connectivity index (χ1n) is 10.7. The molecule has 1 aromatic carbocycles. The minimum Gasteiger partial charge on any atom is -0.501 e. The number of carbonyl (C=O) groups excluding carboxylic acids is 1. The molecule has 2 N–H and O–H groups in total. The molecule has 0 aliphatic carbocycles. The summed E-state index contributed by atoms with van der Waals surface area (Å²) in [7, 11) is 1.43. The van der Waals surface area contributed by atoms with Gasteiger partial charge in [0.15, 0.2) is 5.69 Å². The molecule has 0 saturated heterocycles. The molecule has 0 fully saturated rings. The highest BCUT2D eigenvalue weighted by molar-refractivity contribution is 6.31. The van der Waals surface area contributed by atoms with Gasteiger partial charge in [0.2, 0.25) is 5.75 Å². The standard InChI is InChI=1S/C23H22ClFN6O4/c1-4-31-10-13(8-26-31)18(16-7-14(25)5-6-17(16)24)12(2)21-29-19(20(32)23(34)30(21)3)22(33)28-15-9-27-35-11-15/h5-12,18,32H,4H2,1-3H3,(H,28,33)/t12-,18-/m0/s1. The molecule has 0 aliphatic heterocycles. The Labute approximate surface area is 204 Å². The van der Waals surface area contributed by atoms with Crippen LogP contribution in [0.1, 0.15) is 53.1 Å². The number of aryl methyl sites for hydroxylation is 1. The van der Waals surface area contributed by atoms with Crippen LogP contribution in [0.3, 0.4) is 0 Å². The second-order valence-corrected chi connectivity index (χ2v) is 8.37. The lowest BCUT2D eigenvalue weighted by Crippen LogP contribution is -2.29. The van der Waals surface area contributed by atoms with Gasteiger partial charge in [0.1, 0.15) is 23.6 Å². The van der Waals surface area contributed by atoms with Gasteiger partial charge in [-0.25, -0.2) is 9.37 Å². The van der Waals surface area contributed by atoms with Gasteiger partial charge in [0, 0.05) is 36.6 Å². The van der Waals surface area contributed by atoms with E-state index in [0.29, 0.717) is 22.7 Å². The number of nitrogens with one attached hydrogen (secondary N) is 1. The summed E-state index contributed by atoms with van der Waals surface area (Å²) >= 11 is 6.47. The number of anilines is 1. The zero-order valence-corrected chi connectivity index (χ0v) is 19.8. The molecular formula is C23H22ClFN6O4. The maximum Gasteiger partial charge on any atom is 0.296 e. The van der Waals surface area contributed by atoms with Gasteiger partial charge in [-0.1, -0.05) is 23.7 Å². The predicted molar refractivity (Wildman–Crippen MR) is 125 cm³/mol. The molecular weight excluding hydrogens is 479 g/mol. The number of carbonyl (C=O) groups is 1. The highest BCUT2D eigenvalue weighted by atomic mass is 35.5. The predicted octanol–water partition coefficient (Wildman–Crippen LogP) is 3.67. The Kier molecular flexibility index (Phi) is 6.70. The second-order valence-electron chi connectivity index (χ2n) is 7.96. The topological polar surface area (TPSA) is 128 Å². The average Bonchev–Trinajstić information content (AvgIpc) is 3.52. The molecule has 0 radical (unpaired) electrons. The van der Waals surface area contributed by atoms with E-state index in [1.54, 1.807) is 24.0 Å². The number of nitrogens with zero attached hydrogens (tertiary/aromatic N) is 5. The van der Waals surface area contributed by atoms with Crippen molar-refractivity contribution in [3.8, 4) is 5.75 Å². The number of hydrogen-bond acceptors (Lipinski definition) is 7. The number of aromatic nitrogens is 5. The van der Waals surface area contributed by atoms with Crippen molar-refractivity contribution in [2.45, 2.75) is 32.2 Å². The third kappa shape index (κ3) is 4.67. The highest BCUT2D eigenvalue weighted by Gasteiger charge is 2.31. The average molecular weight is 501 g/mol. The van der Waals surface area contributed by atoms with Crippen molar-refractivity contribution in [2.75, 3.05) is 5.32 Å². The Morgan fingerprint density at radius 2 is 2.11 bits per heavy atom. The molecule has 0 spiro atoms. The Bertz CT molecular complexity index is 1430. The third-order valence-corrected chi connectivity index (χ3v) is 6.09. The fraction of sp³-hybridized carbons (Fsp3) is 0.261. The summed E-state index contributed by atoms with van der Waals surface area (Å²) in [4.78, 5) is 30.0. The summed E-state index contributed by atoms with van der Waals surface area (Å²) in [5.41, 5.74) is 0.121. The minimum absolute atomic E-state index is 0.179. The molecule has 0 bridgehead atoms. The number of aromatic hydroxyl groups is 1. The van der Waals surface area contributed by atoms with Crippen molar-refractivity contribution in [2.24, 2.45) is 7.05 Å². The lowest BCUT2D eigenvalue weighted by molar-refractivity contribution is 0.101. The molecule has 4 aromatic rings. The van der Waals surface area contributed by atoms with Crippen LogP contribution in [-0.4, -0.2) is 35.5 Å². The Morgan fingerprint density at radius 3 is 2.77 bits per heavy atom. The Morgan fingerprint density at radius 1 is 1.34 bits per heavy atom. The summed E-state index contributed by atoms with van der Waals surface area (Å²) in [6, 6.07) is 4.03. The van der Waals surface area contributed by atoms with Crippen LogP contribution in [0.15, 0.2) is 52.4 Å². The normalized spacial score (nSPS) is 12.9. The number of halogens is 2. The Balaban J connectivity index is 1.85. The molecule has 3 heterocycles. The summed E-state index contributed by atoms with van der Waals surface area (Å²) in [5.74, 6) is -3.10. The summed E-state index contributed by atoms with van der Waals surface area (Å²) in [6.07, 6.45) is 5.89. The van der Waals surface area contributed by atoms with Crippen LogP contribution in [0.5, 0.6) is 5.75 Å². The maximum atomic E-state index is 14.3. The smallest absolute Gasteiger partial charge is 0.296 e. The number of rotatable bonds is 7. The van der Waals surface area contributed by atoms with Gasteiger partial charge in [-0.2, -0.15) is 5.10 Å². The maximum absolute atomic E-state index is 14.3. The van der Waals surface area contributed by atoms with E-state index in [1.807, 2.05) is 6.92 Å². The van der Waals surface area contributed by atoms with Gasteiger partial charge in [-0.05, 0) is 36.2 Å². The van der Waals surface area contributed by atoms with Crippen molar-refractivity contribution in [1.82, 2.24) is 24.5 Å². The molecule has 0 aliphatic rings. The largest absolute Gasteiger partial charge is 0.501 e. The summed E-state index contributed by atoms with van der Waals surface area (Å²) in [5, 5.41) is 21.0. The van der Waals surface area contributed by atoms with Crippen LogP contribution >= 0.6 is 11.6 Å². The molecule has 35 heavy (non-hydrogen) atoms. The molecule has 12 heteroatoms. The van der Waals surface area contributed by atoms with E-state index < -0.39 is 40.6 Å². The van der Waals surface area contributed by atoms with E-state index in [2.05, 4.69) is 25.1 Å². The lowest BCUT2D eigenvalue weighted by Gasteiger charge is -2.26. The zero-order valence-electron chi connectivity index (χ0n) is 19.1. The highest BCUT2D eigenvalue weighted by Crippen LogP contribution is 2.40. The number of hydrogen-bond donors (Lipinski definition) is 2. The van der Waals surface area contributed by atoms with Gasteiger partial charge in [0.25, 0.3) is 11.5 Å². The second kappa shape index (κ2) is 9.71. The van der Waals surface area contributed by atoms with Crippen molar-refractivity contribution < 1.29 is 18.8 Å². The van der Waals surface area contributed by atoms with Crippen LogP contribution < -0.4 is 10.9 Å². The molecule has 10 nitrogen and oxygen atoms in total. The Hall–Kier alpha value is -3.99. The lowest BCUT2D eigenvalue weighted by atomic mass is 9.82. The number of amides is 1. The van der Waals surface area contributed by atoms with E-state index in [1.165, 1.54) is 37.7 Å². The van der Waals surface area contributed by atoms with Gasteiger partial charge in [-0.15, -0.1) is 0 Å². The van der Waals surface area contributed by atoms with E-state index >= 15 is 0 Å². The van der Waals surface area contributed by atoms with Crippen molar-refractivity contribution in [3.63, 3.8) is 0 Å². The quantitative estimate of drug-likeness (QED) is 0.396. The van der Waals surface area contributed by atoms with Crippen molar-refractivity contribution >= 4 is 23.2 Å². The third-order valence-electron chi connectivity index (χ3n) is 5.74. The first-order chi connectivity index (χ1) is 16.7. The fourth-order valence-electron chi connectivity index (χ4n) is 3.98. The van der Waals surface area contributed by atoms with E-state index in [-0.39, 0.29) is 11.5 Å². The minimum atomic E-state index is -0.823. The van der Waals surface area contributed by atoms with Gasteiger partial charge in [0.05, 0.1) is 12.4 Å². The van der Waals surface area contributed by atoms with Crippen molar-refractivity contribution in [3.05, 3.63) is 86.9 Å². The summed E-state index contributed by atoms with van der Waals surface area (Å²) in [6.45, 7) is 4.31. The van der Waals surface area contributed by atoms with E-state index in [9.17, 15) is 19.1 Å². The van der Waals surface area contributed by atoms with Crippen molar-refractivity contribution in [1.29, 1.82) is 0 Å². The SMILES string of the molecule is CCn1cc([C@@H](c2cc(F)ccc2Cl)[C@H](C)c2nc(C(=O)Nc3cnoc3)c(O)c(=O)n2C)cn1. The first kappa shape index (κ1) is 24.1. The first-order valence-corrected chi connectivity index (χ1v) is 11.1. The van der Waals surface area contributed by atoms with Crippen LogP contribution in [0.2, 0.25) is 5.02 Å². The van der Waals surface area contributed by atoms with Crippen LogP contribution in [-0.2, 0) is 13.6 Å². The molecule has 1 amide bonds. The summed E-state index contributed by atoms with van der Waals surface area (Å²) < 4.78 is 21.8. The molecule has 0 saturated carbocycles. The fourth-order valence-corrected chi connectivity index (χ4v) is 4.22. The van der Waals surface area contributed by atoms with Crippen LogP contribution in [0.25, 0.3) is 0 Å². The van der Waals surface area contributed by atoms with E-state index in [4.69, 9.17) is 11.6 Å². The van der Waals surface area contributed by atoms with Gasteiger partial charge in [-0.3, -0.25) is 18.8 Å². The molecule has 0 unspecified atom stereocenters. The van der Waals surface area contributed by atoms with Gasteiger partial charge >= 0.3 is 0 Å². The molecule has 182 valence electrons. The zero-order chi connectivity index (χ0) is 25.3. The van der Waals surface area contributed by atoms with Crippen LogP contribution in [0.4, 0.5) is 10.1 Å². The number of benzene rings is 1. The van der Waals surface area contributed by atoms with Gasteiger partial charge < -0.3 is 14.9 Å². The van der Waals surface area contributed by atoms with E-state index in [0.717, 1.165) is 4.57 Å². The monoisotopic (exact) mass is 500 g/mol. The van der Waals surface area contributed by atoms with Crippen LogP contribution in [0, 0.1) is 5.82 Å².